The normalized spacial score (nSPS) is 18.5. The van der Waals surface area contributed by atoms with Crippen LogP contribution in [0.2, 0.25) is 0 Å². The molecule has 19 heavy (non-hydrogen) atoms. The van der Waals surface area contributed by atoms with Crippen LogP contribution in [0.15, 0.2) is 18.2 Å². The number of rotatable bonds is 2. The van der Waals surface area contributed by atoms with Gasteiger partial charge in [0.1, 0.15) is 11.9 Å². The third kappa shape index (κ3) is 3.53. The summed E-state index contributed by atoms with van der Waals surface area (Å²) in [4.78, 5) is 2.13. The number of nitrogens with two attached hydrogens (primary N) is 1. The van der Waals surface area contributed by atoms with Crippen molar-refractivity contribution in [3.8, 4) is 5.75 Å². The number of benzene rings is 1. The number of ether oxygens (including phenoxy) is 1. The number of hydrogen-bond donors (Lipinski definition) is 1. The lowest BCUT2D eigenvalue weighted by atomic mass is 10.1. The largest absolute Gasteiger partial charge is 0.490 e. The molecular formula is C13H17F3N2O. The van der Waals surface area contributed by atoms with Gasteiger partial charge >= 0.3 is 6.18 Å². The summed E-state index contributed by atoms with van der Waals surface area (Å²) >= 11 is 0. The zero-order valence-electron chi connectivity index (χ0n) is 10.7. The van der Waals surface area contributed by atoms with Crippen LogP contribution in [0.4, 0.5) is 18.9 Å². The molecule has 0 saturated carbocycles. The third-order valence-corrected chi connectivity index (χ3v) is 3.27. The molecule has 1 aromatic carbocycles. The Balaban J connectivity index is 2.16. The van der Waals surface area contributed by atoms with Crippen LogP contribution in [0.3, 0.4) is 0 Å². The molecule has 3 nitrogen and oxygen atoms in total. The van der Waals surface area contributed by atoms with Gasteiger partial charge in [0.15, 0.2) is 0 Å². The highest BCUT2D eigenvalue weighted by Gasteiger charge is 2.35. The summed E-state index contributed by atoms with van der Waals surface area (Å²) < 4.78 is 44.2. The molecular weight excluding hydrogens is 257 g/mol. The van der Waals surface area contributed by atoms with Crippen molar-refractivity contribution < 1.29 is 17.9 Å². The second kappa shape index (κ2) is 5.28. The Hall–Kier alpha value is -1.43. The number of likely N-dealkylation sites (tertiary alicyclic amines) is 1. The van der Waals surface area contributed by atoms with Crippen molar-refractivity contribution in [1.29, 1.82) is 0 Å². The van der Waals surface area contributed by atoms with Crippen molar-refractivity contribution in [2.24, 2.45) is 0 Å². The Kier molecular flexibility index (Phi) is 3.89. The molecule has 1 aliphatic heterocycles. The van der Waals surface area contributed by atoms with Crippen LogP contribution >= 0.6 is 0 Å². The van der Waals surface area contributed by atoms with E-state index >= 15 is 0 Å². The number of piperidine rings is 1. The molecule has 2 N–H and O–H groups in total. The summed E-state index contributed by atoms with van der Waals surface area (Å²) in [5.74, 6) is -0.128. The average molecular weight is 274 g/mol. The maximum Gasteiger partial charge on any atom is 0.420 e. The highest BCUT2D eigenvalue weighted by molar-refractivity contribution is 5.49. The number of nitrogens with zero attached hydrogens (tertiary/aromatic N) is 1. The van der Waals surface area contributed by atoms with Gasteiger partial charge in [0.05, 0.1) is 5.56 Å². The van der Waals surface area contributed by atoms with Crippen LogP contribution in [-0.4, -0.2) is 31.1 Å². The van der Waals surface area contributed by atoms with Gasteiger partial charge in [-0.25, -0.2) is 0 Å². The maximum atomic E-state index is 12.9. The van der Waals surface area contributed by atoms with Crippen LogP contribution in [0, 0.1) is 0 Å². The quantitative estimate of drug-likeness (QED) is 0.843. The van der Waals surface area contributed by atoms with Crippen molar-refractivity contribution in [1.82, 2.24) is 4.90 Å². The van der Waals surface area contributed by atoms with E-state index in [-0.39, 0.29) is 17.5 Å². The van der Waals surface area contributed by atoms with Gasteiger partial charge < -0.3 is 15.4 Å². The fraction of sp³-hybridized carbons (Fsp3) is 0.538. The summed E-state index contributed by atoms with van der Waals surface area (Å²) in [6, 6.07) is 3.65. The first kappa shape index (κ1) is 14.0. The van der Waals surface area contributed by atoms with E-state index in [1.807, 2.05) is 7.05 Å². The number of hydrogen-bond acceptors (Lipinski definition) is 3. The second-order valence-corrected chi connectivity index (χ2v) is 4.87. The first-order valence-corrected chi connectivity index (χ1v) is 6.18. The van der Waals surface area contributed by atoms with Gasteiger partial charge in [0, 0.05) is 18.8 Å². The molecule has 0 bridgehead atoms. The highest BCUT2D eigenvalue weighted by atomic mass is 19.4. The number of halogens is 3. The Morgan fingerprint density at radius 2 is 1.89 bits per heavy atom. The predicted molar refractivity (Wildman–Crippen MR) is 67.0 cm³/mol. The minimum absolute atomic E-state index is 0.0862. The van der Waals surface area contributed by atoms with Gasteiger partial charge in [-0.15, -0.1) is 0 Å². The standard InChI is InChI=1S/C13H17F3N2O/c1-18-6-4-10(5-7-18)19-12-3-2-9(17)8-11(12)13(14,15)16/h2-3,8,10H,4-7,17H2,1H3. The van der Waals surface area contributed by atoms with Crippen molar-refractivity contribution >= 4 is 5.69 Å². The third-order valence-electron chi connectivity index (χ3n) is 3.27. The molecule has 0 aliphatic carbocycles. The number of anilines is 1. The smallest absolute Gasteiger partial charge is 0.420 e. The highest BCUT2D eigenvalue weighted by Crippen LogP contribution is 2.38. The molecule has 1 aromatic rings. The fourth-order valence-corrected chi connectivity index (χ4v) is 2.15. The summed E-state index contributed by atoms with van der Waals surface area (Å²) in [5.41, 5.74) is 4.70. The van der Waals surface area contributed by atoms with E-state index in [0.29, 0.717) is 0 Å². The van der Waals surface area contributed by atoms with Crippen LogP contribution in [0.25, 0.3) is 0 Å². The first-order chi connectivity index (χ1) is 8.86. The van der Waals surface area contributed by atoms with Crippen LogP contribution in [0.1, 0.15) is 18.4 Å². The fourth-order valence-electron chi connectivity index (χ4n) is 2.15. The minimum atomic E-state index is -4.45. The molecule has 0 spiro atoms. The van der Waals surface area contributed by atoms with Gasteiger partial charge in [-0.05, 0) is 38.1 Å². The van der Waals surface area contributed by atoms with Crippen molar-refractivity contribution in [3.63, 3.8) is 0 Å². The predicted octanol–water partition coefficient (Wildman–Crippen LogP) is 2.76. The molecule has 0 atom stereocenters. The van der Waals surface area contributed by atoms with Crippen LogP contribution < -0.4 is 10.5 Å². The van der Waals surface area contributed by atoms with Gasteiger partial charge in [0.2, 0.25) is 0 Å². The molecule has 0 aromatic heterocycles. The van der Waals surface area contributed by atoms with Crippen LogP contribution in [0.5, 0.6) is 5.75 Å². The maximum absolute atomic E-state index is 12.9. The number of nitrogen functional groups attached to an aromatic ring is 1. The van der Waals surface area contributed by atoms with Gasteiger partial charge in [-0.1, -0.05) is 0 Å². The van der Waals surface area contributed by atoms with E-state index in [2.05, 4.69) is 4.90 Å². The molecule has 106 valence electrons. The molecule has 2 rings (SSSR count). The lowest BCUT2D eigenvalue weighted by molar-refractivity contribution is -0.139. The average Bonchev–Trinajstić information content (AvgIpc) is 2.33. The van der Waals surface area contributed by atoms with E-state index in [1.54, 1.807) is 0 Å². The summed E-state index contributed by atoms with van der Waals surface area (Å²) in [5, 5.41) is 0. The van der Waals surface area contributed by atoms with Crippen molar-refractivity contribution in [2.75, 3.05) is 25.9 Å². The Bertz CT molecular complexity index is 440. The number of alkyl halides is 3. The topological polar surface area (TPSA) is 38.5 Å². The van der Waals surface area contributed by atoms with E-state index in [9.17, 15) is 13.2 Å². The summed E-state index contributed by atoms with van der Waals surface area (Å²) in [6.45, 7) is 1.67. The van der Waals surface area contributed by atoms with E-state index in [4.69, 9.17) is 10.5 Å². The van der Waals surface area contributed by atoms with E-state index in [0.717, 1.165) is 32.0 Å². The SMILES string of the molecule is CN1CCC(Oc2ccc(N)cc2C(F)(F)F)CC1. The van der Waals surface area contributed by atoms with Gasteiger partial charge in [-0.3, -0.25) is 0 Å². The molecule has 1 heterocycles. The molecule has 0 unspecified atom stereocenters. The lowest BCUT2D eigenvalue weighted by Crippen LogP contribution is -2.36. The molecule has 1 fully saturated rings. The summed E-state index contributed by atoms with van der Waals surface area (Å²) in [7, 11) is 1.99. The van der Waals surface area contributed by atoms with E-state index < -0.39 is 11.7 Å². The first-order valence-electron chi connectivity index (χ1n) is 6.18. The molecule has 6 heteroatoms. The second-order valence-electron chi connectivity index (χ2n) is 4.87. The lowest BCUT2D eigenvalue weighted by Gasteiger charge is -2.30. The zero-order chi connectivity index (χ0) is 14.0. The summed E-state index contributed by atoms with van der Waals surface area (Å²) in [6.07, 6.45) is -3.15. The van der Waals surface area contributed by atoms with Gasteiger partial charge in [0.25, 0.3) is 0 Å². The van der Waals surface area contributed by atoms with E-state index in [1.165, 1.54) is 12.1 Å². The molecule has 0 amide bonds. The Morgan fingerprint density at radius 1 is 1.26 bits per heavy atom. The Labute approximate surface area is 110 Å². The Morgan fingerprint density at radius 3 is 2.47 bits per heavy atom. The van der Waals surface area contributed by atoms with Crippen LogP contribution in [-0.2, 0) is 6.18 Å². The van der Waals surface area contributed by atoms with Crippen molar-refractivity contribution in [3.05, 3.63) is 23.8 Å². The van der Waals surface area contributed by atoms with Gasteiger partial charge in [-0.2, -0.15) is 13.2 Å². The zero-order valence-corrected chi connectivity index (χ0v) is 10.7. The monoisotopic (exact) mass is 274 g/mol. The minimum Gasteiger partial charge on any atom is -0.490 e. The molecule has 0 radical (unpaired) electrons. The van der Waals surface area contributed by atoms with Crippen molar-refractivity contribution in [2.45, 2.75) is 25.1 Å². The molecule has 1 aliphatic rings. The molecule has 1 saturated heterocycles.